The van der Waals surface area contributed by atoms with Gasteiger partial charge in [-0.05, 0) is 72.8 Å². The third kappa shape index (κ3) is 5.56. The van der Waals surface area contributed by atoms with Crippen LogP contribution in [0.15, 0.2) is 16.6 Å². The average molecular weight is 379 g/mol. The van der Waals surface area contributed by atoms with Crippen molar-refractivity contribution in [2.75, 3.05) is 17.0 Å². The van der Waals surface area contributed by atoms with Crippen LogP contribution in [0.4, 0.5) is 10.1 Å². The van der Waals surface area contributed by atoms with Crippen LogP contribution in [0.5, 0.6) is 0 Å². The van der Waals surface area contributed by atoms with E-state index in [0.29, 0.717) is 23.7 Å². The predicted molar refractivity (Wildman–Crippen MR) is 86.5 cm³/mol. The van der Waals surface area contributed by atoms with Gasteiger partial charge in [-0.15, -0.1) is 0 Å². The van der Waals surface area contributed by atoms with Crippen molar-refractivity contribution >= 4 is 31.6 Å². The Balaban J connectivity index is 1.83. The van der Waals surface area contributed by atoms with Gasteiger partial charge in [0.1, 0.15) is 5.82 Å². The summed E-state index contributed by atoms with van der Waals surface area (Å²) in [6, 6.07) is 3.41. The fourth-order valence-electron chi connectivity index (χ4n) is 1.99. The SMILES string of the molecule is Cc1cc(F)c(Br)cc1NS(=O)(=O)CCCCNC1CC1. The number of benzene rings is 1. The summed E-state index contributed by atoms with van der Waals surface area (Å²) in [6.07, 6.45) is 3.91. The van der Waals surface area contributed by atoms with Crippen LogP contribution >= 0.6 is 15.9 Å². The van der Waals surface area contributed by atoms with Crippen molar-refractivity contribution in [2.24, 2.45) is 0 Å². The Labute approximate surface area is 133 Å². The van der Waals surface area contributed by atoms with Crippen LogP contribution in [0.3, 0.4) is 0 Å². The molecule has 1 aliphatic carbocycles. The van der Waals surface area contributed by atoms with E-state index in [1.165, 1.54) is 25.0 Å². The molecule has 0 radical (unpaired) electrons. The second-order valence-corrected chi connectivity index (χ2v) is 8.13. The van der Waals surface area contributed by atoms with Gasteiger partial charge in [0.25, 0.3) is 0 Å². The standard InChI is InChI=1S/C14H20BrFN2O2S/c1-10-8-13(16)12(15)9-14(10)18-21(19,20)7-3-2-6-17-11-4-5-11/h8-9,11,17-18H,2-7H2,1H3. The predicted octanol–water partition coefficient (Wildman–Crippen LogP) is 3.17. The summed E-state index contributed by atoms with van der Waals surface area (Å²) < 4.78 is 40.1. The molecule has 0 atom stereocenters. The lowest BCUT2D eigenvalue weighted by Gasteiger charge is -2.11. The molecule has 1 fully saturated rings. The minimum atomic E-state index is -3.39. The largest absolute Gasteiger partial charge is 0.314 e. The van der Waals surface area contributed by atoms with E-state index >= 15 is 0 Å². The first-order chi connectivity index (χ1) is 9.87. The van der Waals surface area contributed by atoms with E-state index in [4.69, 9.17) is 0 Å². The molecule has 0 amide bonds. The number of hydrogen-bond acceptors (Lipinski definition) is 3. The normalized spacial score (nSPS) is 15.2. The zero-order valence-electron chi connectivity index (χ0n) is 12.0. The van der Waals surface area contributed by atoms with E-state index < -0.39 is 15.8 Å². The second kappa shape index (κ2) is 7.07. The van der Waals surface area contributed by atoms with Crippen molar-refractivity contribution in [3.8, 4) is 0 Å². The van der Waals surface area contributed by atoms with Crippen molar-refractivity contribution in [3.63, 3.8) is 0 Å². The van der Waals surface area contributed by atoms with E-state index in [2.05, 4.69) is 26.0 Å². The molecule has 0 aromatic heterocycles. The van der Waals surface area contributed by atoms with Gasteiger partial charge in [-0.25, -0.2) is 12.8 Å². The first kappa shape index (κ1) is 16.7. The van der Waals surface area contributed by atoms with Crippen molar-refractivity contribution in [3.05, 3.63) is 28.0 Å². The summed E-state index contributed by atoms with van der Waals surface area (Å²) in [6.45, 7) is 2.54. The highest BCUT2D eigenvalue weighted by atomic mass is 79.9. The van der Waals surface area contributed by atoms with Gasteiger partial charge in [0.15, 0.2) is 0 Å². The maximum atomic E-state index is 13.3. The number of hydrogen-bond donors (Lipinski definition) is 2. The topological polar surface area (TPSA) is 58.2 Å². The number of anilines is 1. The lowest BCUT2D eigenvalue weighted by atomic mass is 10.2. The summed E-state index contributed by atoms with van der Waals surface area (Å²) in [7, 11) is -3.39. The summed E-state index contributed by atoms with van der Waals surface area (Å²) in [5, 5.41) is 3.35. The molecule has 0 saturated heterocycles. The van der Waals surface area contributed by atoms with Gasteiger partial charge in [0.05, 0.1) is 15.9 Å². The van der Waals surface area contributed by atoms with Crippen molar-refractivity contribution in [2.45, 2.75) is 38.6 Å². The number of unbranched alkanes of at least 4 members (excludes halogenated alkanes) is 1. The van der Waals surface area contributed by atoms with Gasteiger partial charge < -0.3 is 5.32 Å². The third-order valence-corrected chi connectivity index (χ3v) is 5.35. The quantitative estimate of drug-likeness (QED) is 0.683. The molecule has 1 aromatic carbocycles. The number of sulfonamides is 1. The second-order valence-electron chi connectivity index (χ2n) is 5.44. The van der Waals surface area contributed by atoms with Crippen molar-refractivity contribution in [1.29, 1.82) is 0 Å². The van der Waals surface area contributed by atoms with Gasteiger partial charge in [-0.1, -0.05) is 0 Å². The highest BCUT2D eigenvalue weighted by Crippen LogP contribution is 2.25. The van der Waals surface area contributed by atoms with Crippen LogP contribution in [0.2, 0.25) is 0 Å². The van der Waals surface area contributed by atoms with Gasteiger partial charge in [-0.2, -0.15) is 0 Å². The smallest absolute Gasteiger partial charge is 0.232 e. The molecule has 0 aliphatic heterocycles. The first-order valence-electron chi connectivity index (χ1n) is 7.07. The molecule has 0 spiro atoms. The van der Waals surface area contributed by atoms with Gasteiger partial charge in [0.2, 0.25) is 10.0 Å². The molecule has 0 unspecified atom stereocenters. The van der Waals surface area contributed by atoms with Crippen molar-refractivity contribution in [1.82, 2.24) is 5.32 Å². The highest BCUT2D eigenvalue weighted by molar-refractivity contribution is 9.10. The summed E-state index contributed by atoms with van der Waals surface area (Å²) in [4.78, 5) is 0. The van der Waals surface area contributed by atoms with Gasteiger partial charge in [-0.3, -0.25) is 4.72 Å². The molecule has 0 bridgehead atoms. The van der Waals surface area contributed by atoms with Gasteiger partial charge in [0, 0.05) is 6.04 Å². The molecule has 0 heterocycles. The third-order valence-electron chi connectivity index (χ3n) is 3.38. The zero-order valence-corrected chi connectivity index (χ0v) is 14.4. The first-order valence-corrected chi connectivity index (χ1v) is 9.51. The summed E-state index contributed by atoms with van der Waals surface area (Å²) in [5.41, 5.74) is 0.981. The molecular weight excluding hydrogens is 359 g/mol. The van der Waals surface area contributed by atoms with E-state index in [0.717, 1.165) is 13.0 Å². The van der Waals surface area contributed by atoms with Crippen LogP contribution in [0.25, 0.3) is 0 Å². The minimum absolute atomic E-state index is 0.0772. The Kier molecular flexibility index (Phi) is 5.62. The minimum Gasteiger partial charge on any atom is -0.314 e. The van der Waals surface area contributed by atoms with E-state index in [-0.39, 0.29) is 10.2 Å². The molecule has 118 valence electrons. The fourth-order valence-corrected chi connectivity index (χ4v) is 3.57. The molecule has 1 aromatic rings. The van der Waals surface area contributed by atoms with E-state index in [1.54, 1.807) is 6.92 Å². The maximum Gasteiger partial charge on any atom is 0.232 e. The highest BCUT2D eigenvalue weighted by Gasteiger charge is 2.19. The Hall–Kier alpha value is -0.660. The van der Waals surface area contributed by atoms with Gasteiger partial charge >= 0.3 is 0 Å². The molecule has 1 aliphatic rings. The Morgan fingerprint density at radius 3 is 2.71 bits per heavy atom. The van der Waals surface area contributed by atoms with Crippen LogP contribution < -0.4 is 10.0 Å². The van der Waals surface area contributed by atoms with Crippen LogP contribution in [0.1, 0.15) is 31.2 Å². The number of nitrogens with one attached hydrogen (secondary N) is 2. The number of aryl methyl sites for hydroxylation is 1. The van der Waals surface area contributed by atoms with Crippen LogP contribution in [0, 0.1) is 12.7 Å². The molecule has 7 heteroatoms. The molecule has 21 heavy (non-hydrogen) atoms. The zero-order chi connectivity index (χ0) is 15.5. The fraction of sp³-hybridized carbons (Fsp3) is 0.571. The van der Waals surface area contributed by atoms with E-state index in [9.17, 15) is 12.8 Å². The molecule has 2 rings (SSSR count). The van der Waals surface area contributed by atoms with Crippen LogP contribution in [-0.2, 0) is 10.0 Å². The molecular formula is C14H20BrFN2O2S. The Morgan fingerprint density at radius 2 is 2.05 bits per heavy atom. The van der Waals surface area contributed by atoms with Crippen LogP contribution in [-0.4, -0.2) is 26.8 Å². The lowest BCUT2D eigenvalue weighted by Crippen LogP contribution is -2.20. The molecule has 1 saturated carbocycles. The lowest BCUT2D eigenvalue weighted by molar-refractivity contribution is 0.590. The monoisotopic (exact) mass is 378 g/mol. The molecule has 4 nitrogen and oxygen atoms in total. The number of halogens is 2. The van der Waals surface area contributed by atoms with Crippen molar-refractivity contribution < 1.29 is 12.8 Å². The Morgan fingerprint density at radius 1 is 1.33 bits per heavy atom. The number of rotatable bonds is 8. The maximum absolute atomic E-state index is 13.3. The average Bonchev–Trinajstić information content (AvgIpc) is 3.19. The molecule has 2 N–H and O–H groups in total. The van der Waals surface area contributed by atoms with E-state index in [1.807, 2.05) is 0 Å². The summed E-state index contributed by atoms with van der Waals surface area (Å²) in [5.74, 6) is -0.324. The Bertz CT molecular complexity index is 603. The summed E-state index contributed by atoms with van der Waals surface area (Å²) >= 11 is 3.06.